The number of carboxylic acid groups (broad SMARTS) is 1. The molecule has 74 valence electrons. The molecule has 0 aromatic rings. The lowest BCUT2D eigenvalue weighted by Crippen LogP contribution is -2.51. The maximum atomic E-state index is 10.6. The van der Waals surface area contributed by atoms with Crippen molar-refractivity contribution in [3.05, 3.63) is 0 Å². The van der Waals surface area contributed by atoms with Crippen LogP contribution in [-0.4, -0.2) is 35.7 Å². The first-order valence-electron chi connectivity index (χ1n) is 4.15. The van der Waals surface area contributed by atoms with Crippen molar-refractivity contribution in [3.8, 4) is 0 Å². The van der Waals surface area contributed by atoms with Gasteiger partial charge >= 0.3 is 5.97 Å². The first-order valence-corrected chi connectivity index (χ1v) is 4.15. The van der Waals surface area contributed by atoms with E-state index in [2.05, 4.69) is 5.32 Å². The van der Waals surface area contributed by atoms with Gasteiger partial charge in [0.05, 0.1) is 18.1 Å². The molecule has 1 amide bonds. The Morgan fingerprint density at radius 3 is 2.92 bits per heavy atom. The van der Waals surface area contributed by atoms with E-state index in [0.717, 1.165) is 0 Å². The number of carbonyl (C=O) groups excluding carboxylic acids is 1. The Kier molecular flexibility index (Phi) is 2.87. The SMILES string of the molecule is CC1OCCC1(CC(=O)O)NC=O. The minimum Gasteiger partial charge on any atom is -0.481 e. The van der Waals surface area contributed by atoms with Crippen LogP contribution in [0.15, 0.2) is 0 Å². The van der Waals surface area contributed by atoms with E-state index in [-0.39, 0.29) is 12.5 Å². The zero-order chi connectivity index (χ0) is 9.90. The molecule has 0 bridgehead atoms. The second-order valence-electron chi connectivity index (χ2n) is 3.25. The van der Waals surface area contributed by atoms with Gasteiger partial charge < -0.3 is 15.2 Å². The number of amides is 1. The number of hydrogen-bond acceptors (Lipinski definition) is 3. The number of aliphatic carboxylic acids is 1. The number of hydrogen-bond donors (Lipinski definition) is 2. The molecule has 0 radical (unpaired) electrons. The molecule has 2 atom stereocenters. The van der Waals surface area contributed by atoms with E-state index >= 15 is 0 Å². The van der Waals surface area contributed by atoms with Crippen LogP contribution in [0.1, 0.15) is 19.8 Å². The maximum Gasteiger partial charge on any atom is 0.305 e. The average molecular weight is 187 g/mol. The fraction of sp³-hybridized carbons (Fsp3) is 0.750. The third kappa shape index (κ3) is 1.98. The highest BCUT2D eigenvalue weighted by Crippen LogP contribution is 2.28. The highest BCUT2D eigenvalue weighted by Gasteiger charge is 2.42. The normalized spacial score (nSPS) is 32.8. The summed E-state index contributed by atoms with van der Waals surface area (Å²) in [5, 5.41) is 11.2. The zero-order valence-electron chi connectivity index (χ0n) is 7.45. The standard InChI is InChI=1S/C8H13NO4/c1-6-8(9-5-10,2-3-13-6)4-7(11)12/h5-6H,2-4H2,1H3,(H,9,10)(H,11,12). The van der Waals surface area contributed by atoms with Crippen molar-refractivity contribution in [1.82, 2.24) is 5.32 Å². The first-order chi connectivity index (χ1) is 6.10. The molecule has 2 N–H and O–H groups in total. The van der Waals surface area contributed by atoms with E-state index in [4.69, 9.17) is 9.84 Å². The topological polar surface area (TPSA) is 75.6 Å². The molecule has 2 unspecified atom stereocenters. The molecule has 0 aromatic heterocycles. The van der Waals surface area contributed by atoms with Gasteiger partial charge in [-0.05, 0) is 13.3 Å². The third-order valence-electron chi connectivity index (χ3n) is 2.51. The Hall–Kier alpha value is -1.10. The van der Waals surface area contributed by atoms with Crippen molar-refractivity contribution in [3.63, 3.8) is 0 Å². The van der Waals surface area contributed by atoms with Crippen LogP contribution in [0, 0.1) is 0 Å². The molecule has 1 saturated heterocycles. The van der Waals surface area contributed by atoms with Crippen LogP contribution < -0.4 is 5.32 Å². The van der Waals surface area contributed by atoms with E-state index in [1.165, 1.54) is 0 Å². The van der Waals surface area contributed by atoms with Crippen LogP contribution in [0.2, 0.25) is 0 Å². The molecule has 5 heteroatoms. The van der Waals surface area contributed by atoms with Crippen molar-refractivity contribution in [1.29, 1.82) is 0 Å². The van der Waals surface area contributed by atoms with Gasteiger partial charge in [-0.1, -0.05) is 0 Å². The maximum absolute atomic E-state index is 10.6. The van der Waals surface area contributed by atoms with E-state index in [1.54, 1.807) is 6.92 Å². The second kappa shape index (κ2) is 3.74. The van der Waals surface area contributed by atoms with Gasteiger partial charge in [-0.3, -0.25) is 9.59 Å². The van der Waals surface area contributed by atoms with Crippen molar-refractivity contribution in [2.24, 2.45) is 0 Å². The van der Waals surface area contributed by atoms with Gasteiger partial charge in [0.1, 0.15) is 0 Å². The summed E-state index contributed by atoms with van der Waals surface area (Å²) in [6.07, 6.45) is 0.758. The molecule has 1 aliphatic rings. The van der Waals surface area contributed by atoms with Crippen LogP contribution >= 0.6 is 0 Å². The fourth-order valence-corrected chi connectivity index (χ4v) is 1.64. The van der Waals surface area contributed by atoms with Crippen molar-refractivity contribution < 1.29 is 19.4 Å². The molecule has 0 aromatic carbocycles. The molecule has 1 aliphatic heterocycles. The van der Waals surface area contributed by atoms with Crippen LogP contribution in [0.3, 0.4) is 0 Å². The Bertz CT molecular complexity index is 218. The van der Waals surface area contributed by atoms with Gasteiger partial charge in [0.15, 0.2) is 0 Å². The number of ether oxygens (including phenoxy) is 1. The Balaban J connectivity index is 2.73. The average Bonchev–Trinajstić information content (AvgIpc) is 2.32. The summed E-state index contributed by atoms with van der Waals surface area (Å²) in [6.45, 7) is 2.27. The largest absolute Gasteiger partial charge is 0.481 e. The molecule has 1 heterocycles. The Morgan fingerprint density at radius 2 is 2.54 bits per heavy atom. The second-order valence-corrected chi connectivity index (χ2v) is 3.25. The summed E-state index contributed by atoms with van der Waals surface area (Å²) < 4.78 is 5.24. The predicted molar refractivity (Wildman–Crippen MR) is 44.2 cm³/mol. The number of carbonyl (C=O) groups is 2. The highest BCUT2D eigenvalue weighted by atomic mass is 16.5. The summed E-state index contributed by atoms with van der Waals surface area (Å²) in [5.41, 5.74) is -0.715. The predicted octanol–water partition coefficient (Wildman–Crippen LogP) is -0.245. The summed E-state index contributed by atoms with van der Waals surface area (Å²) in [6, 6.07) is 0. The highest BCUT2D eigenvalue weighted by molar-refractivity contribution is 5.69. The molecule has 1 rings (SSSR count). The van der Waals surface area contributed by atoms with Gasteiger partial charge in [-0.15, -0.1) is 0 Å². The van der Waals surface area contributed by atoms with Crippen LogP contribution in [0.4, 0.5) is 0 Å². The number of rotatable bonds is 4. The summed E-state index contributed by atoms with van der Waals surface area (Å²) >= 11 is 0. The minimum atomic E-state index is -0.924. The van der Waals surface area contributed by atoms with E-state index in [1.807, 2.05) is 0 Å². The third-order valence-corrected chi connectivity index (χ3v) is 2.51. The molecular weight excluding hydrogens is 174 g/mol. The lowest BCUT2D eigenvalue weighted by Gasteiger charge is -2.29. The minimum absolute atomic E-state index is 0.0904. The first kappa shape index (κ1) is 9.98. The van der Waals surface area contributed by atoms with Crippen molar-refractivity contribution in [2.75, 3.05) is 6.61 Å². The molecule has 1 fully saturated rings. The molecular formula is C8H13NO4. The van der Waals surface area contributed by atoms with Gasteiger partial charge in [0.25, 0.3) is 0 Å². The van der Waals surface area contributed by atoms with Gasteiger partial charge in [-0.25, -0.2) is 0 Å². The van der Waals surface area contributed by atoms with Crippen LogP contribution in [-0.2, 0) is 14.3 Å². The van der Waals surface area contributed by atoms with E-state index in [9.17, 15) is 9.59 Å². The van der Waals surface area contributed by atoms with E-state index in [0.29, 0.717) is 19.4 Å². The summed E-state index contributed by atoms with van der Waals surface area (Å²) in [5.74, 6) is -0.924. The fourth-order valence-electron chi connectivity index (χ4n) is 1.64. The quantitative estimate of drug-likeness (QED) is 0.595. The lowest BCUT2D eigenvalue weighted by atomic mass is 9.88. The molecule has 0 saturated carbocycles. The van der Waals surface area contributed by atoms with Crippen LogP contribution in [0.5, 0.6) is 0 Å². The molecule has 13 heavy (non-hydrogen) atoms. The van der Waals surface area contributed by atoms with Gasteiger partial charge in [-0.2, -0.15) is 0 Å². The summed E-state index contributed by atoms with van der Waals surface area (Å²) in [4.78, 5) is 20.9. The number of nitrogens with one attached hydrogen (secondary N) is 1. The molecule has 0 spiro atoms. The summed E-state index contributed by atoms with van der Waals surface area (Å²) in [7, 11) is 0. The molecule has 0 aliphatic carbocycles. The molecule has 5 nitrogen and oxygen atoms in total. The van der Waals surface area contributed by atoms with Crippen molar-refractivity contribution >= 4 is 12.4 Å². The Morgan fingerprint density at radius 1 is 1.85 bits per heavy atom. The zero-order valence-corrected chi connectivity index (χ0v) is 7.45. The lowest BCUT2D eigenvalue weighted by molar-refractivity contribution is -0.139. The smallest absolute Gasteiger partial charge is 0.305 e. The monoisotopic (exact) mass is 187 g/mol. The van der Waals surface area contributed by atoms with Crippen LogP contribution in [0.25, 0.3) is 0 Å². The van der Waals surface area contributed by atoms with E-state index < -0.39 is 11.5 Å². The van der Waals surface area contributed by atoms with Crippen molar-refractivity contribution in [2.45, 2.75) is 31.4 Å². The Labute approximate surface area is 76.1 Å². The van der Waals surface area contributed by atoms with Gasteiger partial charge in [0, 0.05) is 6.61 Å². The number of carboxylic acids is 1. The van der Waals surface area contributed by atoms with Gasteiger partial charge in [0.2, 0.25) is 6.41 Å².